The molecule has 0 bridgehead atoms. The first-order chi connectivity index (χ1) is 14.4. The van der Waals surface area contributed by atoms with Crippen LogP contribution in [0, 0.1) is 13.8 Å². The summed E-state index contributed by atoms with van der Waals surface area (Å²) in [5, 5.41) is 0. The molecule has 2 aliphatic heterocycles. The normalized spacial score (nSPS) is 18.0. The van der Waals surface area contributed by atoms with E-state index >= 15 is 0 Å². The quantitative estimate of drug-likeness (QED) is 0.628. The van der Waals surface area contributed by atoms with Crippen molar-refractivity contribution < 1.29 is 18.6 Å². The van der Waals surface area contributed by atoms with Gasteiger partial charge in [0.05, 0.1) is 12.8 Å². The maximum atomic E-state index is 13.4. The maximum absolute atomic E-state index is 13.4. The Labute approximate surface area is 173 Å². The van der Waals surface area contributed by atoms with Gasteiger partial charge in [0, 0.05) is 7.05 Å². The van der Waals surface area contributed by atoms with Crippen molar-refractivity contribution in [3.63, 3.8) is 0 Å². The number of amides is 3. The van der Waals surface area contributed by atoms with E-state index in [1.807, 2.05) is 65.6 Å². The van der Waals surface area contributed by atoms with E-state index in [2.05, 4.69) is 4.99 Å². The monoisotopic (exact) mass is 404 g/mol. The molecule has 5 rings (SSSR count). The van der Waals surface area contributed by atoms with Crippen LogP contribution >= 0.6 is 0 Å². The molecule has 0 aliphatic carbocycles. The topological polar surface area (TPSA) is 74.9 Å². The molecular formula is C22H22N5O3+. The minimum Gasteiger partial charge on any atom is -0.466 e. The van der Waals surface area contributed by atoms with Crippen LogP contribution in [0.4, 0.5) is 10.7 Å². The van der Waals surface area contributed by atoms with Crippen molar-refractivity contribution in [1.29, 1.82) is 0 Å². The first-order valence-corrected chi connectivity index (χ1v) is 9.81. The molecule has 1 fully saturated rings. The van der Waals surface area contributed by atoms with Gasteiger partial charge < -0.3 is 4.42 Å². The summed E-state index contributed by atoms with van der Waals surface area (Å²) in [6.07, 6.45) is 3.54. The van der Waals surface area contributed by atoms with Crippen LogP contribution in [0.5, 0.6) is 0 Å². The number of amidine groups is 1. The van der Waals surface area contributed by atoms with Gasteiger partial charge in [0.15, 0.2) is 0 Å². The molecule has 152 valence electrons. The number of aliphatic imine (C=N–C) groups is 1. The fraction of sp³-hybridized carbons (Fsp3) is 0.273. The summed E-state index contributed by atoms with van der Waals surface area (Å²) in [5.74, 6) is 1.61. The summed E-state index contributed by atoms with van der Waals surface area (Å²) in [6.45, 7) is 4.71. The van der Waals surface area contributed by atoms with E-state index in [1.165, 1.54) is 9.80 Å². The lowest BCUT2D eigenvalue weighted by atomic mass is 10.1. The number of urea groups is 1. The Morgan fingerprint density at radius 2 is 1.87 bits per heavy atom. The highest BCUT2D eigenvalue weighted by molar-refractivity contribution is 6.19. The zero-order valence-corrected chi connectivity index (χ0v) is 17.1. The van der Waals surface area contributed by atoms with Crippen molar-refractivity contribution in [2.24, 2.45) is 4.99 Å². The van der Waals surface area contributed by atoms with Crippen LogP contribution in [-0.4, -0.2) is 39.2 Å². The van der Waals surface area contributed by atoms with Gasteiger partial charge in [0.2, 0.25) is 11.9 Å². The van der Waals surface area contributed by atoms with E-state index in [0.29, 0.717) is 18.3 Å². The van der Waals surface area contributed by atoms with E-state index in [0.717, 1.165) is 22.6 Å². The second-order valence-electron chi connectivity index (χ2n) is 7.77. The Morgan fingerprint density at radius 3 is 2.57 bits per heavy atom. The Bertz CT molecular complexity index is 1170. The SMILES string of the molecule is Cc1ccc(CN2C(=O)C3C(=Nc4n(Cc5ccco5)c(C)c[n+]43)N(C)C2=O)cc1. The highest BCUT2D eigenvalue weighted by Crippen LogP contribution is 2.30. The molecule has 0 N–H and O–H groups in total. The first kappa shape index (κ1) is 18.4. The van der Waals surface area contributed by atoms with Crippen molar-refractivity contribution in [2.75, 3.05) is 7.05 Å². The molecule has 0 radical (unpaired) electrons. The number of carbonyl (C=O) groups excluding carboxylic acids is 2. The second-order valence-corrected chi connectivity index (χ2v) is 7.77. The predicted octanol–water partition coefficient (Wildman–Crippen LogP) is 2.71. The Hall–Kier alpha value is -3.68. The van der Waals surface area contributed by atoms with Gasteiger partial charge in [0.25, 0.3) is 5.91 Å². The third-order valence-corrected chi connectivity index (χ3v) is 5.68. The van der Waals surface area contributed by atoms with Crippen LogP contribution in [0.25, 0.3) is 0 Å². The molecule has 2 aromatic heterocycles. The molecule has 8 nitrogen and oxygen atoms in total. The smallest absolute Gasteiger partial charge is 0.402 e. The van der Waals surface area contributed by atoms with Crippen molar-refractivity contribution in [1.82, 2.24) is 14.4 Å². The molecule has 3 aromatic rings. The molecule has 1 saturated heterocycles. The van der Waals surface area contributed by atoms with Gasteiger partial charge in [-0.3, -0.25) is 14.6 Å². The number of hydrogen-bond acceptors (Lipinski definition) is 4. The zero-order valence-electron chi connectivity index (χ0n) is 17.1. The minimum atomic E-state index is -0.648. The van der Waals surface area contributed by atoms with Gasteiger partial charge >= 0.3 is 12.0 Å². The van der Waals surface area contributed by atoms with Gasteiger partial charge in [-0.05, 0) is 31.5 Å². The number of imide groups is 1. The van der Waals surface area contributed by atoms with Gasteiger partial charge in [-0.15, -0.1) is 0 Å². The maximum Gasteiger partial charge on any atom is 0.402 e. The third-order valence-electron chi connectivity index (χ3n) is 5.68. The third kappa shape index (κ3) is 2.75. The standard InChI is InChI=1S/C22H22N5O3/c1-14-6-8-16(9-7-14)12-27-20(28)18-19(24(3)22(27)29)23-21-25(15(2)11-26(18)21)13-17-5-4-10-30-17/h4-11,18H,12-13H2,1-3H3/q+1. The van der Waals surface area contributed by atoms with Crippen LogP contribution in [0.15, 0.2) is 58.3 Å². The van der Waals surface area contributed by atoms with E-state index in [-0.39, 0.29) is 18.5 Å². The van der Waals surface area contributed by atoms with Gasteiger partial charge in [-0.2, -0.15) is 0 Å². The Kier molecular flexibility index (Phi) is 4.09. The first-order valence-electron chi connectivity index (χ1n) is 9.81. The van der Waals surface area contributed by atoms with E-state index in [9.17, 15) is 9.59 Å². The lowest BCUT2D eigenvalue weighted by Crippen LogP contribution is -2.62. The molecule has 3 amide bonds. The molecule has 1 unspecified atom stereocenters. The Balaban J connectivity index is 1.50. The van der Waals surface area contributed by atoms with Crippen LogP contribution in [0.2, 0.25) is 0 Å². The molecule has 2 aliphatic rings. The minimum absolute atomic E-state index is 0.230. The number of likely N-dealkylation sites (N-methyl/N-ethyl adjacent to an activating group) is 1. The average Bonchev–Trinajstić information content (AvgIpc) is 3.43. The molecule has 30 heavy (non-hydrogen) atoms. The number of fused-ring (bicyclic) bond motifs is 3. The number of aromatic nitrogens is 2. The summed E-state index contributed by atoms with van der Waals surface area (Å²) in [5.41, 5.74) is 3.00. The van der Waals surface area contributed by atoms with Crippen LogP contribution in [0.3, 0.4) is 0 Å². The average molecular weight is 404 g/mol. The van der Waals surface area contributed by atoms with E-state index < -0.39 is 6.04 Å². The summed E-state index contributed by atoms with van der Waals surface area (Å²) < 4.78 is 9.31. The molecule has 4 heterocycles. The second kappa shape index (κ2) is 6.69. The molecule has 0 spiro atoms. The fourth-order valence-corrected chi connectivity index (χ4v) is 4.01. The van der Waals surface area contributed by atoms with Gasteiger partial charge in [-0.25, -0.2) is 13.9 Å². The summed E-state index contributed by atoms with van der Waals surface area (Å²) >= 11 is 0. The number of hydrogen-bond donors (Lipinski definition) is 0. The fourth-order valence-electron chi connectivity index (χ4n) is 4.01. The summed E-state index contributed by atoms with van der Waals surface area (Å²) in [4.78, 5) is 33.8. The molecule has 1 aromatic carbocycles. The van der Waals surface area contributed by atoms with Crippen molar-refractivity contribution in [3.05, 3.63) is 71.4 Å². The number of furan rings is 1. The Morgan fingerprint density at radius 1 is 1.10 bits per heavy atom. The largest absolute Gasteiger partial charge is 0.466 e. The highest BCUT2D eigenvalue weighted by atomic mass is 16.3. The summed E-state index contributed by atoms with van der Waals surface area (Å²) in [6, 6.07) is 10.6. The lowest BCUT2D eigenvalue weighted by molar-refractivity contribution is -0.677. The molecule has 0 saturated carbocycles. The van der Waals surface area contributed by atoms with Gasteiger partial charge in [0.1, 0.15) is 24.2 Å². The molecular weight excluding hydrogens is 382 g/mol. The van der Waals surface area contributed by atoms with Crippen LogP contribution < -0.4 is 4.57 Å². The number of nitrogens with zero attached hydrogens (tertiary/aromatic N) is 5. The van der Waals surface area contributed by atoms with Crippen LogP contribution in [0.1, 0.15) is 28.6 Å². The zero-order chi connectivity index (χ0) is 21.0. The number of imidazole rings is 1. The summed E-state index contributed by atoms with van der Waals surface area (Å²) in [7, 11) is 1.67. The van der Waals surface area contributed by atoms with Gasteiger partial charge in [-0.1, -0.05) is 34.8 Å². The van der Waals surface area contributed by atoms with Crippen molar-refractivity contribution in [2.45, 2.75) is 33.0 Å². The van der Waals surface area contributed by atoms with E-state index in [1.54, 1.807) is 13.3 Å². The number of aryl methyl sites for hydroxylation is 2. The predicted molar refractivity (Wildman–Crippen MR) is 108 cm³/mol. The van der Waals surface area contributed by atoms with E-state index in [4.69, 9.17) is 4.42 Å². The van der Waals surface area contributed by atoms with Crippen LogP contribution in [-0.2, 0) is 17.9 Å². The lowest BCUT2D eigenvalue weighted by Gasteiger charge is -2.33. The number of carbonyl (C=O) groups is 2. The molecule has 8 heteroatoms. The van der Waals surface area contributed by atoms with Crippen molar-refractivity contribution in [3.8, 4) is 0 Å². The van der Waals surface area contributed by atoms with Crippen molar-refractivity contribution >= 4 is 23.7 Å². The highest BCUT2D eigenvalue weighted by Gasteiger charge is 2.53. The molecule has 1 atom stereocenters. The number of rotatable bonds is 4. The number of benzene rings is 1.